The number of aryl methyl sites for hydroxylation is 1. The van der Waals surface area contributed by atoms with Gasteiger partial charge in [0, 0.05) is 13.1 Å². The second kappa shape index (κ2) is 5.83. The summed E-state index contributed by atoms with van der Waals surface area (Å²) in [5.41, 5.74) is 1.41. The third-order valence-electron chi connectivity index (χ3n) is 4.02. The van der Waals surface area contributed by atoms with Gasteiger partial charge in [-0.1, -0.05) is 12.1 Å². The van der Waals surface area contributed by atoms with E-state index >= 15 is 0 Å². The topological polar surface area (TPSA) is 49.8 Å². The summed E-state index contributed by atoms with van der Waals surface area (Å²) in [5.74, 6) is 0.934. The van der Waals surface area contributed by atoms with E-state index in [9.17, 15) is 9.90 Å². The molecule has 0 atom stereocenters. The van der Waals surface area contributed by atoms with Crippen molar-refractivity contribution in [1.29, 1.82) is 0 Å². The molecule has 1 aromatic carbocycles. The number of rotatable bonds is 3. The van der Waals surface area contributed by atoms with Gasteiger partial charge in [-0.25, -0.2) is 0 Å². The van der Waals surface area contributed by atoms with Gasteiger partial charge in [0.2, 0.25) is 5.91 Å². The van der Waals surface area contributed by atoms with Crippen LogP contribution in [0.4, 0.5) is 0 Å². The van der Waals surface area contributed by atoms with Gasteiger partial charge in [0.15, 0.2) is 0 Å². The highest BCUT2D eigenvalue weighted by Gasteiger charge is 2.29. The van der Waals surface area contributed by atoms with Gasteiger partial charge in [-0.05, 0) is 43.9 Å². The molecule has 0 unspecified atom stereocenters. The van der Waals surface area contributed by atoms with E-state index in [-0.39, 0.29) is 5.91 Å². The highest BCUT2D eigenvalue weighted by molar-refractivity contribution is 5.79. The Morgan fingerprint density at radius 2 is 2.05 bits per heavy atom. The molecular formula is C16H23NO3. The average Bonchev–Trinajstić information content (AvgIpc) is 2.40. The van der Waals surface area contributed by atoms with Crippen LogP contribution >= 0.6 is 0 Å². The summed E-state index contributed by atoms with van der Waals surface area (Å²) in [6, 6.07) is 5.87. The van der Waals surface area contributed by atoms with E-state index in [1.165, 1.54) is 0 Å². The lowest BCUT2D eigenvalue weighted by Gasteiger charge is -2.35. The summed E-state index contributed by atoms with van der Waals surface area (Å²) in [5, 5.41) is 9.91. The van der Waals surface area contributed by atoms with Crippen molar-refractivity contribution >= 4 is 5.91 Å². The molecule has 1 N–H and O–H groups in total. The number of methoxy groups -OCH3 is 1. The first-order chi connectivity index (χ1) is 9.41. The molecule has 1 amide bonds. The molecule has 1 aromatic rings. The molecule has 4 heteroatoms. The molecule has 2 rings (SSSR count). The summed E-state index contributed by atoms with van der Waals surface area (Å²) in [4.78, 5) is 14.1. The van der Waals surface area contributed by atoms with Crippen LogP contribution in [0.1, 0.15) is 30.9 Å². The molecule has 4 nitrogen and oxygen atoms in total. The highest BCUT2D eigenvalue weighted by atomic mass is 16.5. The maximum atomic E-state index is 12.3. The molecule has 20 heavy (non-hydrogen) atoms. The lowest BCUT2D eigenvalue weighted by molar-refractivity contribution is -0.134. The van der Waals surface area contributed by atoms with Crippen LogP contribution in [0.3, 0.4) is 0 Å². The Labute approximate surface area is 120 Å². The van der Waals surface area contributed by atoms with Crippen molar-refractivity contribution in [3.63, 3.8) is 0 Å². The van der Waals surface area contributed by atoms with Gasteiger partial charge in [-0.3, -0.25) is 4.79 Å². The number of piperidine rings is 1. The van der Waals surface area contributed by atoms with Crippen molar-refractivity contribution in [1.82, 2.24) is 4.90 Å². The zero-order valence-corrected chi connectivity index (χ0v) is 12.5. The van der Waals surface area contributed by atoms with Crippen LogP contribution in [-0.2, 0) is 11.2 Å². The van der Waals surface area contributed by atoms with Crippen LogP contribution in [0, 0.1) is 6.92 Å². The van der Waals surface area contributed by atoms with E-state index in [1.54, 1.807) is 7.11 Å². The minimum atomic E-state index is -0.621. The van der Waals surface area contributed by atoms with Crippen molar-refractivity contribution in [2.75, 3.05) is 20.2 Å². The number of hydrogen-bond donors (Lipinski definition) is 1. The fourth-order valence-electron chi connectivity index (χ4n) is 2.50. The molecule has 1 saturated heterocycles. The van der Waals surface area contributed by atoms with Crippen molar-refractivity contribution in [2.45, 2.75) is 38.7 Å². The largest absolute Gasteiger partial charge is 0.496 e. The number of nitrogens with zero attached hydrogens (tertiary/aromatic N) is 1. The zero-order valence-electron chi connectivity index (χ0n) is 12.5. The Morgan fingerprint density at radius 1 is 1.40 bits per heavy atom. The summed E-state index contributed by atoms with van der Waals surface area (Å²) >= 11 is 0. The normalized spacial score (nSPS) is 17.9. The predicted octanol–water partition coefficient (Wildman–Crippen LogP) is 1.92. The first-order valence-corrected chi connectivity index (χ1v) is 7.05. The average molecular weight is 277 g/mol. The summed E-state index contributed by atoms with van der Waals surface area (Å²) in [6.45, 7) is 5.08. The van der Waals surface area contributed by atoms with E-state index < -0.39 is 5.60 Å². The minimum absolute atomic E-state index is 0.117. The quantitative estimate of drug-likeness (QED) is 0.918. The lowest BCUT2D eigenvalue weighted by atomic mass is 9.93. The van der Waals surface area contributed by atoms with E-state index in [0.29, 0.717) is 32.4 Å². The van der Waals surface area contributed by atoms with Crippen LogP contribution in [0.5, 0.6) is 5.75 Å². The molecule has 110 valence electrons. The van der Waals surface area contributed by atoms with E-state index in [2.05, 4.69) is 0 Å². The number of amides is 1. The third kappa shape index (κ3) is 3.51. The molecule has 1 heterocycles. The molecule has 1 aliphatic heterocycles. The van der Waals surface area contributed by atoms with Crippen LogP contribution in [-0.4, -0.2) is 41.7 Å². The maximum absolute atomic E-state index is 12.3. The van der Waals surface area contributed by atoms with Crippen molar-refractivity contribution < 1.29 is 14.6 Å². The second-order valence-corrected chi connectivity index (χ2v) is 5.86. The Balaban J connectivity index is 1.98. The lowest BCUT2D eigenvalue weighted by Crippen LogP contribution is -2.45. The van der Waals surface area contributed by atoms with E-state index in [4.69, 9.17) is 4.74 Å². The van der Waals surface area contributed by atoms with Gasteiger partial charge >= 0.3 is 0 Å². The summed E-state index contributed by atoms with van der Waals surface area (Å²) < 4.78 is 5.28. The van der Waals surface area contributed by atoms with E-state index in [0.717, 1.165) is 16.9 Å². The second-order valence-electron chi connectivity index (χ2n) is 5.86. The molecule has 0 aliphatic carbocycles. The van der Waals surface area contributed by atoms with Gasteiger partial charge in [-0.15, -0.1) is 0 Å². The predicted molar refractivity (Wildman–Crippen MR) is 77.9 cm³/mol. The third-order valence-corrected chi connectivity index (χ3v) is 4.02. The molecular weight excluding hydrogens is 254 g/mol. The fourth-order valence-corrected chi connectivity index (χ4v) is 2.50. The Bertz CT molecular complexity index is 486. The molecule has 0 spiro atoms. The highest BCUT2D eigenvalue weighted by Crippen LogP contribution is 2.23. The molecule has 0 saturated carbocycles. The molecule has 0 radical (unpaired) electrons. The minimum Gasteiger partial charge on any atom is -0.496 e. The first kappa shape index (κ1) is 14.9. The molecule has 1 fully saturated rings. The van der Waals surface area contributed by atoms with Gasteiger partial charge in [-0.2, -0.15) is 0 Å². The van der Waals surface area contributed by atoms with Crippen LogP contribution in [0.2, 0.25) is 0 Å². The summed E-state index contributed by atoms with van der Waals surface area (Å²) in [7, 11) is 1.64. The fraction of sp³-hybridized carbons (Fsp3) is 0.562. The van der Waals surface area contributed by atoms with Gasteiger partial charge < -0.3 is 14.7 Å². The number of carbonyl (C=O) groups is 1. The van der Waals surface area contributed by atoms with Gasteiger partial charge in [0.05, 0.1) is 19.1 Å². The smallest absolute Gasteiger partial charge is 0.226 e. The monoisotopic (exact) mass is 277 g/mol. The zero-order chi connectivity index (χ0) is 14.8. The number of carbonyl (C=O) groups excluding carboxylic acids is 1. The standard InChI is InChI=1S/C16H23NO3/c1-12-4-5-13(10-14(12)20-3)11-15(18)17-8-6-16(2,19)7-9-17/h4-5,10,19H,6-9,11H2,1-3H3. The van der Waals surface area contributed by atoms with Crippen LogP contribution in [0.25, 0.3) is 0 Å². The van der Waals surface area contributed by atoms with Crippen molar-refractivity contribution in [3.05, 3.63) is 29.3 Å². The molecule has 1 aliphatic rings. The van der Waals surface area contributed by atoms with Crippen LogP contribution < -0.4 is 4.74 Å². The maximum Gasteiger partial charge on any atom is 0.226 e. The summed E-state index contributed by atoms with van der Waals surface area (Å²) in [6.07, 6.45) is 1.69. The van der Waals surface area contributed by atoms with Crippen LogP contribution in [0.15, 0.2) is 18.2 Å². The van der Waals surface area contributed by atoms with Gasteiger partial charge in [0.25, 0.3) is 0 Å². The number of likely N-dealkylation sites (tertiary alicyclic amines) is 1. The van der Waals surface area contributed by atoms with Gasteiger partial charge in [0.1, 0.15) is 5.75 Å². The first-order valence-electron chi connectivity index (χ1n) is 7.05. The van der Waals surface area contributed by atoms with E-state index in [1.807, 2.05) is 36.9 Å². The SMILES string of the molecule is COc1cc(CC(=O)N2CCC(C)(O)CC2)ccc1C. The number of ether oxygens (including phenoxy) is 1. The molecule has 0 bridgehead atoms. The Kier molecular flexibility index (Phi) is 4.33. The number of benzene rings is 1. The molecule has 0 aromatic heterocycles. The van der Waals surface area contributed by atoms with Crippen molar-refractivity contribution in [2.24, 2.45) is 0 Å². The Morgan fingerprint density at radius 3 is 2.65 bits per heavy atom. The number of hydrogen-bond acceptors (Lipinski definition) is 3. The number of aliphatic hydroxyl groups is 1. The Hall–Kier alpha value is -1.55. The van der Waals surface area contributed by atoms with Crippen molar-refractivity contribution in [3.8, 4) is 5.75 Å².